The molecule has 5 heteroatoms. The Morgan fingerprint density at radius 1 is 1.44 bits per heavy atom. The topological polar surface area (TPSA) is 32.3 Å². The van der Waals surface area contributed by atoms with Gasteiger partial charge in [0.05, 0.1) is 5.56 Å². The molecule has 0 saturated carbocycles. The van der Waals surface area contributed by atoms with E-state index in [0.717, 1.165) is 29.5 Å². The number of carbonyl (C=O) groups is 1. The Kier molecular flexibility index (Phi) is 4.86. The SMILES string of the molecule is CNC1CCN(C(=O)c2cc(Cl)ccc2I)CC1. The first-order chi connectivity index (χ1) is 8.61. The molecule has 1 fully saturated rings. The summed E-state index contributed by atoms with van der Waals surface area (Å²) in [5.74, 6) is 0.0939. The minimum absolute atomic E-state index is 0.0939. The van der Waals surface area contributed by atoms with Crippen LogP contribution in [0.4, 0.5) is 0 Å². The highest BCUT2D eigenvalue weighted by molar-refractivity contribution is 14.1. The fourth-order valence-corrected chi connectivity index (χ4v) is 2.94. The van der Waals surface area contributed by atoms with Crippen LogP contribution in [0, 0.1) is 3.57 Å². The van der Waals surface area contributed by atoms with Crippen LogP contribution in [0.2, 0.25) is 5.02 Å². The number of nitrogens with one attached hydrogen (secondary N) is 1. The summed E-state index contributed by atoms with van der Waals surface area (Å²) in [7, 11) is 1.97. The lowest BCUT2D eigenvalue weighted by Crippen LogP contribution is -2.44. The highest BCUT2D eigenvalue weighted by atomic mass is 127. The van der Waals surface area contributed by atoms with E-state index in [9.17, 15) is 4.79 Å². The maximum Gasteiger partial charge on any atom is 0.254 e. The largest absolute Gasteiger partial charge is 0.338 e. The molecule has 1 N–H and O–H groups in total. The van der Waals surface area contributed by atoms with Crippen molar-refractivity contribution >= 4 is 40.1 Å². The summed E-state index contributed by atoms with van der Waals surface area (Å²) in [5.41, 5.74) is 0.714. The molecule has 0 radical (unpaired) electrons. The van der Waals surface area contributed by atoms with Gasteiger partial charge in [-0.1, -0.05) is 11.6 Å². The van der Waals surface area contributed by atoms with Crippen molar-refractivity contribution in [3.63, 3.8) is 0 Å². The average molecular weight is 379 g/mol. The van der Waals surface area contributed by atoms with Crippen LogP contribution >= 0.6 is 34.2 Å². The van der Waals surface area contributed by atoms with E-state index in [1.54, 1.807) is 6.07 Å². The number of halogens is 2. The molecule has 0 aliphatic carbocycles. The fraction of sp³-hybridized carbons (Fsp3) is 0.462. The summed E-state index contributed by atoms with van der Waals surface area (Å²) in [6.45, 7) is 1.62. The molecule has 98 valence electrons. The number of benzene rings is 1. The number of carbonyl (C=O) groups excluding carboxylic acids is 1. The molecule has 3 nitrogen and oxygen atoms in total. The number of amides is 1. The highest BCUT2D eigenvalue weighted by Gasteiger charge is 2.23. The zero-order valence-electron chi connectivity index (χ0n) is 10.2. The van der Waals surface area contributed by atoms with Gasteiger partial charge in [-0.3, -0.25) is 4.79 Å². The first-order valence-electron chi connectivity index (χ1n) is 6.03. The van der Waals surface area contributed by atoms with Crippen LogP contribution in [0.25, 0.3) is 0 Å². The van der Waals surface area contributed by atoms with Crippen molar-refractivity contribution in [2.24, 2.45) is 0 Å². The van der Waals surface area contributed by atoms with Crippen molar-refractivity contribution in [2.45, 2.75) is 18.9 Å². The Morgan fingerprint density at radius 2 is 2.11 bits per heavy atom. The van der Waals surface area contributed by atoms with Crippen LogP contribution in [0.1, 0.15) is 23.2 Å². The third kappa shape index (κ3) is 3.16. The summed E-state index contributed by atoms with van der Waals surface area (Å²) < 4.78 is 0.956. The van der Waals surface area contributed by atoms with E-state index in [1.165, 1.54) is 0 Å². The van der Waals surface area contributed by atoms with Gasteiger partial charge >= 0.3 is 0 Å². The van der Waals surface area contributed by atoms with Crippen molar-refractivity contribution < 1.29 is 4.79 Å². The van der Waals surface area contributed by atoms with Crippen LogP contribution in [-0.4, -0.2) is 37.0 Å². The van der Waals surface area contributed by atoms with Crippen LogP contribution in [0.15, 0.2) is 18.2 Å². The number of nitrogens with zero attached hydrogens (tertiary/aromatic N) is 1. The first-order valence-corrected chi connectivity index (χ1v) is 7.49. The molecule has 1 aliphatic heterocycles. The molecule has 0 aromatic heterocycles. The van der Waals surface area contributed by atoms with Crippen LogP contribution in [-0.2, 0) is 0 Å². The zero-order chi connectivity index (χ0) is 13.1. The maximum absolute atomic E-state index is 12.4. The van der Waals surface area contributed by atoms with Crippen LogP contribution in [0.3, 0.4) is 0 Å². The zero-order valence-corrected chi connectivity index (χ0v) is 13.2. The predicted molar refractivity (Wildman–Crippen MR) is 82.2 cm³/mol. The summed E-state index contributed by atoms with van der Waals surface area (Å²) in [6, 6.07) is 5.99. The molecular weight excluding hydrogens is 363 g/mol. The molecule has 1 saturated heterocycles. The quantitative estimate of drug-likeness (QED) is 0.803. The first kappa shape index (κ1) is 14.1. The van der Waals surface area contributed by atoms with Crippen molar-refractivity contribution in [3.8, 4) is 0 Å². The second-order valence-corrected chi connectivity index (χ2v) is 6.08. The summed E-state index contributed by atoms with van der Waals surface area (Å²) >= 11 is 8.14. The maximum atomic E-state index is 12.4. The van der Waals surface area contributed by atoms with Gasteiger partial charge in [0.25, 0.3) is 5.91 Å². The van der Waals surface area contributed by atoms with E-state index in [2.05, 4.69) is 27.9 Å². The van der Waals surface area contributed by atoms with Gasteiger partial charge in [-0.25, -0.2) is 0 Å². The summed E-state index contributed by atoms with van der Waals surface area (Å²) in [6.07, 6.45) is 2.03. The van der Waals surface area contributed by atoms with E-state index in [0.29, 0.717) is 16.6 Å². The Bertz CT molecular complexity index is 445. The number of likely N-dealkylation sites (tertiary alicyclic amines) is 1. The average Bonchev–Trinajstić information content (AvgIpc) is 2.41. The molecular formula is C13H16ClIN2O. The van der Waals surface area contributed by atoms with Gasteiger partial charge in [0.15, 0.2) is 0 Å². The molecule has 1 aromatic carbocycles. The van der Waals surface area contributed by atoms with Crippen LogP contribution < -0.4 is 5.32 Å². The van der Waals surface area contributed by atoms with Gasteiger partial charge in [0.1, 0.15) is 0 Å². The van der Waals surface area contributed by atoms with Gasteiger partial charge in [-0.05, 0) is 60.7 Å². The molecule has 0 bridgehead atoms. The number of hydrogen-bond acceptors (Lipinski definition) is 2. The molecule has 1 heterocycles. The number of hydrogen-bond donors (Lipinski definition) is 1. The van der Waals surface area contributed by atoms with Crippen LogP contribution in [0.5, 0.6) is 0 Å². The molecule has 1 aliphatic rings. The molecule has 18 heavy (non-hydrogen) atoms. The van der Waals surface area contributed by atoms with Gasteiger partial charge in [0, 0.05) is 27.7 Å². The van der Waals surface area contributed by atoms with E-state index < -0.39 is 0 Å². The third-order valence-electron chi connectivity index (χ3n) is 3.35. The lowest BCUT2D eigenvalue weighted by Gasteiger charge is -2.32. The number of piperidine rings is 1. The predicted octanol–water partition coefficient (Wildman–Crippen LogP) is 2.77. The molecule has 1 aromatic rings. The van der Waals surface area contributed by atoms with E-state index >= 15 is 0 Å². The molecule has 0 spiro atoms. The molecule has 0 atom stereocenters. The fourth-order valence-electron chi connectivity index (χ4n) is 2.20. The normalized spacial score (nSPS) is 16.9. The minimum atomic E-state index is 0.0939. The third-order valence-corrected chi connectivity index (χ3v) is 4.53. The Labute approximate surface area is 126 Å². The number of rotatable bonds is 2. The monoisotopic (exact) mass is 378 g/mol. The Morgan fingerprint density at radius 3 is 2.72 bits per heavy atom. The van der Waals surface area contributed by atoms with Crippen molar-refractivity contribution in [1.29, 1.82) is 0 Å². The van der Waals surface area contributed by atoms with Crippen molar-refractivity contribution in [3.05, 3.63) is 32.4 Å². The summed E-state index contributed by atoms with van der Waals surface area (Å²) in [4.78, 5) is 14.3. The lowest BCUT2D eigenvalue weighted by molar-refractivity contribution is 0.0706. The van der Waals surface area contributed by atoms with Gasteiger partial charge in [-0.2, -0.15) is 0 Å². The second-order valence-electron chi connectivity index (χ2n) is 4.48. The van der Waals surface area contributed by atoms with E-state index in [-0.39, 0.29) is 5.91 Å². The molecule has 2 rings (SSSR count). The Balaban J connectivity index is 2.10. The highest BCUT2D eigenvalue weighted by Crippen LogP contribution is 2.21. The van der Waals surface area contributed by atoms with Gasteiger partial charge < -0.3 is 10.2 Å². The van der Waals surface area contributed by atoms with E-state index in [1.807, 2.05) is 24.1 Å². The minimum Gasteiger partial charge on any atom is -0.338 e. The Hall–Kier alpha value is -0.330. The van der Waals surface area contributed by atoms with E-state index in [4.69, 9.17) is 11.6 Å². The summed E-state index contributed by atoms with van der Waals surface area (Å²) in [5, 5.41) is 3.88. The van der Waals surface area contributed by atoms with Crippen molar-refractivity contribution in [2.75, 3.05) is 20.1 Å². The van der Waals surface area contributed by atoms with Gasteiger partial charge in [-0.15, -0.1) is 0 Å². The molecule has 0 unspecified atom stereocenters. The second kappa shape index (κ2) is 6.21. The van der Waals surface area contributed by atoms with Crippen molar-refractivity contribution in [1.82, 2.24) is 10.2 Å². The lowest BCUT2D eigenvalue weighted by atomic mass is 10.0. The molecule has 1 amide bonds. The smallest absolute Gasteiger partial charge is 0.254 e. The standard InChI is InChI=1S/C13H16ClIN2O/c1-16-10-4-6-17(7-5-10)13(18)11-8-9(14)2-3-12(11)15/h2-3,8,10,16H,4-7H2,1H3. The van der Waals surface area contributed by atoms with Gasteiger partial charge in [0.2, 0.25) is 0 Å².